The van der Waals surface area contributed by atoms with Crippen molar-refractivity contribution in [3.8, 4) is 5.75 Å². The molecule has 3 heteroatoms. The van der Waals surface area contributed by atoms with E-state index in [-0.39, 0.29) is 5.92 Å². The van der Waals surface area contributed by atoms with Gasteiger partial charge < -0.3 is 14.7 Å². The van der Waals surface area contributed by atoms with Gasteiger partial charge in [0.1, 0.15) is 5.75 Å². The fourth-order valence-corrected chi connectivity index (χ4v) is 3.97. The second kappa shape index (κ2) is 8.03. The molecule has 1 aliphatic rings. The number of benzene rings is 2. The summed E-state index contributed by atoms with van der Waals surface area (Å²) < 4.78 is 5.28. The molecule has 25 heavy (non-hydrogen) atoms. The van der Waals surface area contributed by atoms with Gasteiger partial charge in [-0.15, -0.1) is 0 Å². The maximum absolute atomic E-state index is 11.8. The molecule has 0 spiro atoms. The van der Waals surface area contributed by atoms with E-state index >= 15 is 0 Å². The summed E-state index contributed by atoms with van der Waals surface area (Å²) in [7, 11) is 1.67. The third-order valence-corrected chi connectivity index (χ3v) is 5.55. The Labute approximate surface area is 151 Å². The Balaban J connectivity index is 1.97. The second-order valence-corrected chi connectivity index (χ2v) is 6.98. The lowest BCUT2D eigenvalue weighted by atomic mass is 9.75. The van der Waals surface area contributed by atoms with Gasteiger partial charge in [0.25, 0.3) is 0 Å². The lowest BCUT2D eigenvalue weighted by molar-refractivity contribution is -0.00677. The number of methoxy groups -OCH3 is 1. The molecule has 0 unspecified atom stereocenters. The van der Waals surface area contributed by atoms with Crippen molar-refractivity contribution in [1.29, 1.82) is 0 Å². The molecule has 1 heterocycles. The van der Waals surface area contributed by atoms with E-state index in [1.54, 1.807) is 7.11 Å². The molecule has 134 valence electrons. The molecule has 2 aromatic rings. The number of likely N-dealkylation sites (tertiary alicyclic amines) is 1. The average molecular weight is 339 g/mol. The summed E-state index contributed by atoms with van der Waals surface area (Å²) in [6.45, 7) is 5.22. The summed E-state index contributed by atoms with van der Waals surface area (Å²) >= 11 is 0. The van der Waals surface area contributed by atoms with Gasteiger partial charge in [-0.05, 0) is 55.6 Å². The maximum Gasteiger partial charge on any atom is 0.118 e. The van der Waals surface area contributed by atoms with Gasteiger partial charge >= 0.3 is 0 Å². The van der Waals surface area contributed by atoms with Crippen molar-refractivity contribution in [3.63, 3.8) is 0 Å². The molecule has 3 rings (SSSR count). The largest absolute Gasteiger partial charge is 0.497 e. The molecule has 3 nitrogen and oxygen atoms in total. The minimum absolute atomic E-state index is 0.0465. The van der Waals surface area contributed by atoms with Crippen molar-refractivity contribution >= 4 is 0 Å². The highest BCUT2D eigenvalue weighted by Crippen LogP contribution is 2.41. The van der Waals surface area contributed by atoms with E-state index in [2.05, 4.69) is 36.1 Å². The van der Waals surface area contributed by atoms with Crippen molar-refractivity contribution < 1.29 is 9.84 Å². The summed E-state index contributed by atoms with van der Waals surface area (Å²) in [5.41, 5.74) is 1.27. The van der Waals surface area contributed by atoms with Crippen LogP contribution in [0.15, 0.2) is 54.6 Å². The molecule has 1 fully saturated rings. The zero-order chi connectivity index (χ0) is 17.7. The molecule has 2 atom stereocenters. The smallest absolute Gasteiger partial charge is 0.118 e. The predicted octanol–water partition coefficient (Wildman–Crippen LogP) is 4.17. The van der Waals surface area contributed by atoms with Gasteiger partial charge in [0.15, 0.2) is 0 Å². The van der Waals surface area contributed by atoms with E-state index in [9.17, 15) is 5.11 Å². The Kier molecular flexibility index (Phi) is 5.77. The van der Waals surface area contributed by atoms with Crippen LogP contribution in [0.5, 0.6) is 5.75 Å². The predicted molar refractivity (Wildman–Crippen MR) is 102 cm³/mol. The van der Waals surface area contributed by atoms with Gasteiger partial charge in [0.2, 0.25) is 0 Å². The van der Waals surface area contributed by atoms with Crippen molar-refractivity contribution in [2.45, 2.75) is 37.7 Å². The highest BCUT2D eigenvalue weighted by Gasteiger charge is 2.39. The lowest BCUT2D eigenvalue weighted by Crippen LogP contribution is -2.40. The van der Waals surface area contributed by atoms with E-state index in [4.69, 9.17) is 4.74 Å². The molecule has 1 aliphatic heterocycles. The standard InChI is InChI=1S/C22H29NO2/c1-3-22(24,19-11-13-20(25-2)14-12-19)21(17-23-15-7-8-16-23)18-9-5-4-6-10-18/h4-6,9-14,21,24H,3,7-8,15-17H2,1-2H3/t21-,22-/m1/s1. The topological polar surface area (TPSA) is 32.7 Å². The van der Waals surface area contributed by atoms with Crippen LogP contribution in [-0.2, 0) is 5.60 Å². The molecule has 2 aromatic carbocycles. The quantitative estimate of drug-likeness (QED) is 0.822. The summed E-state index contributed by atoms with van der Waals surface area (Å²) in [5, 5.41) is 11.8. The minimum atomic E-state index is -0.893. The second-order valence-electron chi connectivity index (χ2n) is 6.98. The first-order valence-electron chi connectivity index (χ1n) is 9.31. The van der Waals surface area contributed by atoms with Crippen LogP contribution in [0.2, 0.25) is 0 Å². The van der Waals surface area contributed by atoms with Crippen LogP contribution in [0.3, 0.4) is 0 Å². The highest BCUT2D eigenvalue weighted by atomic mass is 16.5. The third kappa shape index (κ3) is 3.88. The van der Waals surface area contributed by atoms with Gasteiger partial charge in [-0.1, -0.05) is 49.4 Å². The van der Waals surface area contributed by atoms with Crippen LogP contribution in [-0.4, -0.2) is 36.8 Å². The van der Waals surface area contributed by atoms with E-state index in [1.165, 1.54) is 18.4 Å². The Morgan fingerprint density at radius 2 is 1.68 bits per heavy atom. The number of hydrogen-bond acceptors (Lipinski definition) is 3. The lowest BCUT2D eigenvalue weighted by Gasteiger charge is -2.38. The van der Waals surface area contributed by atoms with Gasteiger partial charge in [0, 0.05) is 12.5 Å². The Bertz CT molecular complexity index is 649. The summed E-state index contributed by atoms with van der Waals surface area (Å²) in [6.07, 6.45) is 3.19. The Morgan fingerprint density at radius 3 is 2.24 bits per heavy atom. The number of aliphatic hydroxyl groups is 1. The first kappa shape index (κ1) is 18.0. The SMILES string of the molecule is CC[C@@](O)(c1ccc(OC)cc1)[C@H](CN1CCCC1)c1ccccc1. The van der Waals surface area contributed by atoms with Crippen LogP contribution in [0.25, 0.3) is 0 Å². The van der Waals surface area contributed by atoms with Crippen LogP contribution in [0.1, 0.15) is 43.2 Å². The van der Waals surface area contributed by atoms with Gasteiger partial charge in [-0.25, -0.2) is 0 Å². The zero-order valence-corrected chi connectivity index (χ0v) is 15.3. The van der Waals surface area contributed by atoms with Crippen LogP contribution < -0.4 is 4.74 Å². The van der Waals surface area contributed by atoms with Gasteiger partial charge in [-0.3, -0.25) is 0 Å². The highest BCUT2D eigenvalue weighted by molar-refractivity contribution is 5.35. The van der Waals surface area contributed by atoms with E-state index in [0.717, 1.165) is 30.9 Å². The molecule has 0 amide bonds. The number of nitrogens with zero attached hydrogens (tertiary/aromatic N) is 1. The number of hydrogen-bond donors (Lipinski definition) is 1. The van der Waals surface area contributed by atoms with E-state index < -0.39 is 5.60 Å². The average Bonchev–Trinajstić information content (AvgIpc) is 3.19. The first-order chi connectivity index (χ1) is 12.2. The van der Waals surface area contributed by atoms with Crippen molar-refractivity contribution in [1.82, 2.24) is 4.90 Å². The molecular weight excluding hydrogens is 310 g/mol. The van der Waals surface area contributed by atoms with Crippen LogP contribution >= 0.6 is 0 Å². The zero-order valence-electron chi connectivity index (χ0n) is 15.3. The van der Waals surface area contributed by atoms with Crippen molar-refractivity contribution in [3.05, 3.63) is 65.7 Å². The molecule has 0 saturated carbocycles. The molecule has 0 aliphatic carbocycles. The Hall–Kier alpha value is -1.84. The molecular formula is C22H29NO2. The number of rotatable bonds is 7. The molecule has 0 radical (unpaired) electrons. The molecule has 1 saturated heterocycles. The normalized spacial score (nSPS) is 18.7. The fraction of sp³-hybridized carbons (Fsp3) is 0.455. The summed E-state index contributed by atoms with van der Waals surface area (Å²) in [4.78, 5) is 2.49. The first-order valence-corrected chi connectivity index (χ1v) is 9.31. The van der Waals surface area contributed by atoms with Gasteiger partial charge in [0.05, 0.1) is 12.7 Å². The fourth-order valence-electron chi connectivity index (χ4n) is 3.97. The van der Waals surface area contributed by atoms with Crippen LogP contribution in [0.4, 0.5) is 0 Å². The monoisotopic (exact) mass is 339 g/mol. The molecule has 1 N–H and O–H groups in total. The van der Waals surface area contributed by atoms with Crippen LogP contribution in [0, 0.1) is 0 Å². The maximum atomic E-state index is 11.8. The third-order valence-electron chi connectivity index (χ3n) is 5.55. The van der Waals surface area contributed by atoms with E-state index in [0.29, 0.717) is 6.42 Å². The summed E-state index contributed by atoms with van der Waals surface area (Å²) in [5.74, 6) is 0.864. The van der Waals surface area contributed by atoms with Crippen molar-refractivity contribution in [2.24, 2.45) is 0 Å². The molecule has 0 aromatic heterocycles. The molecule has 0 bridgehead atoms. The van der Waals surface area contributed by atoms with E-state index in [1.807, 2.05) is 30.3 Å². The minimum Gasteiger partial charge on any atom is -0.497 e. The summed E-state index contributed by atoms with van der Waals surface area (Å²) in [6, 6.07) is 18.3. The van der Waals surface area contributed by atoms with Crippen molar-refractivity contribution in [2.75, 3.05) is 26.7 Å². The number of ether oxygens (including phenoxy) is 1. The van der Waals surface area contributed by atoms with Gasteiger partial charge in [-0.2, -0.15) is 0 Å². The Morgan fingerprint density at radius 1 is 1.04 bits per heavy atom.